The van der Waals surface area contributed by atoms with Gasteiger partial charge in [0, 0.05) is 26.0 Å². The number of hydrogen-bond donors (Lipinski definition) is 1. The third kappa shape index (κ3) is 3.27. The van der Waals surface area contributed by atoms with Gasteiger partial charge in [0.05, 0.1) is 11.6 Å². The Hall–Kier alpha value is -0.980. The van der Waals surface area contributed by atoms with Gasteiger partial charge in [-0.15, -0.1) is 0 Å². The Morgan fingerprint density at radius 3 is 2.81 bits per heavy atom. The quantitative estimate of drug-likeness (QED) is 0.573. The van der Waals surface area contributed by atoms with Gasteiger partial charge in [-0.2, -0.15) is 0 Å². The largest absolute Gasteiger partial charge is 0.388 e. The smallest absolute Gasteiger partial charge is 0.0841 e. The number of hydrogen-bond acceptors (Lipinski definition) is 2. The van der Waals surface area contributed by atoms with Crippen molar-refractivity contribution in [2.24, 2.45) is 0 Å². The van der Waals surface area contributed by atoms with Crippen LogP contribution in [0.3, 0.4) is 0 Å². The highest BCUT2D eigenvalue weighted by molar-refractivity contribution is 14.1. The van der Waals surface area contributed by atoms with Gasteiger partial charge in [0.1, 0.15) is 0 Å². The fraction of sp³-hybridized carbons (Fsp3) is 0.118. The van der Waals surface area contributed by atoms with Gasteiger partial charge in [-0.1, -0.05) is 34.1 Å². The summed E-state index contributed by atoms with van der Waals surface area (Å²) in [7, 11) is 0. The van der Waals surface area contributed by atoms with E-state index in [9.17, 15) is 5.11 Å². The van der Waals surface area contributed by atoms with Crippen LogP contribution in [0.1, 0.15) is 17.2 Å². The van der Waals surface area contributed by atoms with Gasteiger partial charge in [0.2, 0.25) is 0 Å². The molecule has 0 aliphatic rings. The maximum absolute atomic E-state index is 10.6. The van der Waals surface area contributed by atoms with Crippen molar-refractivity contribution in [2.45, 2.75) is 12.5 Å². The molecule has 4 heteroatoms. The summed E-state index contributed by atoms with van der Waals surface area (Å²) in [4.78, 5) is 4.36. The molecule has 2 aromatic carbocycles. The van der Waals surface area contributed by atoms with Gasteiger partial charge in [0.25, 0.3) is 0 Å². The van der Waals surface area contributed by atoms with Crippen molar-refractivity contribution in [1.29, 1.82) is 0 Å². The molecule has 0 aliphatic carbocycles. The minimum Gasteiger partial charge on any atom is -0.388 e. The van der Waals surface area contributed by atoms with Crippen molar-refractivity contribution in [2.75, 3.05) is 0 Å². The average molecular weight is 454 g/mol. The van der Waals surface area contributed by atoms with Crippen molar-refractivity contribution in [1.82, 2.24) is 4.98 Å². The fourth-order valence-electron chi connectivity index (χ4n) is 2.42. The Balaban J connectivity index is 1.96. The fourth-order valence-corrected chi connectivity index (χ4v) is 3.50. The van der Waals surface area contributed by atoms with E-state index in [0.29, 0.717) is 6.42 Å². The van der Waals surface area contributed by atoms with Crippen molar-refractivity contribution < 1.29 is 5.11 Å². The third-order valence-corrected chi connectivity index (χ3v) is 4.95. The zero-order valence-corrected chi connectivity index (χ0v) is 14.9. The number of pyridine rings is 1. The van der Waals surface area contributed by atoms with Crippen LogP contribution in [0.5, 0.6) is 0 Å². The lowest BCUT2D eigenvalue weighted by molar-refractivity contribution is 0.178. The van der Waals surface area contributed by atoms with Gasteiger partial charge in [-0.25, -0.2) is 0 Å². The van der Waals surface area contributed by atoms with Crippen LogP contribution >= 0.6 is 38.5 Å². The molecule has 1 aromatic heterocycles. The minimum absolute atomic E-state index is 0.528. The lowest BCUT2D eigenvalue weighted by Gasteiger charge is -2.15. The molecule has 0 radical (unpaired) electrons. The van der Waals surface area contributed by atoms with Crippen LogP contribution in [0.25, 0.3) is 10.9 Å². The molecule has 0 bridgehead atoms. The minimum atomic E-state index is -0.528. The SMILES string of the molecule is OC(Cc1ccnc2ccccc12)c1cc(Br)ccc1I. The highest BCUT2D eigenvalue weighted by atomic mass is 127. The number of benzene rings is 2. The van der Waals surface area contributed by atoms with Crippen molar-refractivity contribution in [3.8, 4) is 0 Å². The van der Waals surface area contributed by atoms with Crippen molar-refractivity contribution in [3.05, 3.63) is 73.9 Å². The first kappa shape index (κ1) is 14.9. The summed E-state index contributed by atoms with van der Waals surface area (Å²) in [5.74, 6) is 0. The predicted molar refractivity (Wildman–Crippen MR) is 97.3 cm³/mol. The summed E-state index contributed by atoms with van der Waals surface area (Å²) in [6.45, 7) is 0. The van der Waals surface area contributed by atoms with Crippen LogP contribution in [-0.2, 0) is 6.42 Å². The van der Waals surface area contributed by atoms with Crippen LogP contribution in [0.15, 0.2) is 59.2 Å². The first-order chi connectivity index (χ1) is 10.1. The summed E-state index contributed by atoms with van der Waals surface area (Å²) in [6.07, 6.45) is 1.85. The Morgan fingerprint density at radius 1 is 1.14 bits per heavy atom. The van der Waals surface area contributed by atoms with E-state index < -0.39 is 6.10 Å². The summed E-state index contributed by atoms with van der Waals surface area (Å²) < 4.78 is 2.05. The molecular weight excluding hydrogens is 441 g/mol. The Bertz CT molecular complexity index is 785. The second-order valence-corrected chi connectivity index (χ2v) is 6.95. The summed E-state index contributed by atoms with van der Waals surface area (Å²) in [5, 5.41) is 11.7. The molecule has 3 aromatic rings. The molecule has 0 amide bonds. The standard InChI is InChI=1S/C17H13BrINO/c18-12-5-6-15(19)14(10-12)17(21)9-11-7-8-20-16-4-2-1-3-13(11)16/h1-8,10,17,21H,9H2. The van der Waals surface area contributed by atoms with Gasteiger partial charge in [-0.05, 0) is 64.0 Å². The Morgan fingerprint density at radius 2 is 1.95 bits per heavy atom. The van der Waals surface area contributed by atoms with E-state index in [1.165, 1.54) is 0 Å². The number of aliphatic hydroxyl groups is 1. The normalized spacial score (nSPS) is 12.5. The number of aromatic nitrogens is 1. The van der Waals surface area contributed by atoms with Gasteiger partial charge >= 0.3 is 0 Å². The topological polar surface area (TPSA) is 33.1 Å². The molecule has 3 rings (SSSR count). The van der Waals surface area contributed by atoms with E-state index in [1.807, 2.05) is 42.5 Å². The summed E-state index contributed by atoms with van der Waals surface area (Å²) in [5.41, 5.74) is 3.03. The molecule has 0 spiro atoms. The van der Waals surface area contributed by atoms with Gasteiger partial charge < -0.3 is 5.11 Å². The number of rotatable bonds is 3. The number of aliphatic hydroxyl groups excluding tert-OH is 1. The average Bonchev–Trinajstić information content (AvgIpc) is 2.50. The van der Waals surface area contributed by atoms with Gasteiger partial charge in [0.15, 0.2) is 0 Å². The van der Waals surface area contributed by atoms with Crippen LogP contribution in [-0.4, -0.2) is 10.1 Å². The number of fused-ring (bicyclic) bond motifs is 1. The van der Waals surface area contributed by atoms with Crippen LogP contribution < -0.4 is 0 Å². The summed E-state index contributed by atoms with van der Waals surface area (Å²) >= 11 is 5.73. The highest BCUT2D eigenvalue weighted by Crippen LogP contribution is 2.28. The number of halogens is 2. The molecule has 1 atom stereocenters. The molecule has 1 N–H and O–H groups in total. The maximum atomic E-state index is 10.6. The second kappa shape index (κ2) is 6.42. The van der Waals surface area contributed by atoms with Crippen LogP contribution in [0.4, 0.5) is 0 Å². The van der Waals surface area contributed by atoms with Gasteiger partial charge in [-0.3, -0.25) is 4.98 Å². The Kier molecular flexibility index (Phi) is 4.57. The lowest BCUT2D eigenvalue weighted by atomic mass is 9.99. The predicted octanol–water partition coefficient (Wildman–Crippen LogP) is 4.88. The first-order valence-electron chi connectivity index (χ1n) is 6.61. The van der Waals surface area contributed by atoms with E-state index in [1.54, 1.807) is 6.20 Å². The summed E-state index contributed by atoms with van der Waals surface area (Å²) in [6, 6.07) is 16.0. The zero-order chi connectivity index (χ0) is 14.8. The van der Waals surface area contributed by atoms with E-state index in [-0.39, 0.29) is 0 Å². The highest BCUT2D eigenvalue weighted by Gasteiger charge is 2.14. The molecule has 1 heterocycles. The van der Waals surface area contributed by atoms with Crippen molar-refractivity contribution in [3.63, 3.8) is 0 Å². The monoisotopic (exact) mass is 453 g/mol. The zero-order valence-electron chi connectivity index (χ0n) is 11.1. The molecule has 0 aliphatic heterocycles. The molecule has 2 nitrogen and oxygen atoms in total. The van der Waals surface area contributed by atoms with E-state index in [4.69, 9.17) is 0 Å². The number of nitrogens with zero attached hydrogens (tertiary/aromatic N) is 1. The third-order valence-electron chi connectivity index (χ3n) is 3.47. The molecule has 0 saturated heterocycles. The van der Waals surface area contributed by atoms with E-state index in [2.05, 4.69) is 49.6 Å². The molecule has 106 valence electrons. The number of para-hydroxylation sites is 1. The molecule has 1 unspecified atom stereocenters. The van der Waals surface area contributed by atoms with Crippen molar-refractivity contribution >= 4 is 49.4 Å². The van der Waals surface area contributed by atoms with E-state index in [0.717, 1.165) is 30.1 Å². The second-order valence-electron chi connectivity index (χ2n) is 4.87. The van der Waals surface area contributed by atoms with Crippen LogP contribution in [0, 0.1) is 3.57 Å². The van der Waals surface area contributed by atoms with Crippen LogP contribution in [0.2, 0.25) is 0 Å². The molecule has 0 fully saturated rings. The first-order valence-corrected chi connectivity index (χ1v) is 8.48. The molecular formula is C17H13BrINO. The molecule has 0 saturated carbocycles. The molecule has 21 heavy (non-hydrogen) atoms. The lowest BCUT2D eigenvalue weighted by Crippen LogP contribution is -2.04. The van der Waals surface area contributed by atoms with E-state index >= 15 is 0 Å². The maximum Gasteiger partial charge on any atom is 0.0841 e. The Labute approximate surface area is 145 Å².